The van der Waals surface area contributed by atoms with Gasteiger partial charge in [0.2, 0.25) is 5.91 Å². The van der Waals surface area contributed by atoms with Crippen LogP contribution in [0.3, 0.4) is 0 Å². The number of aromatic nitrogens is 2. The quantitative estimate of drug-likeness (QED) is 0.592. The van der Waals surface area contributed by atoms with Crippen LogP contribution in [-0.2, 0) is 17.2 Å². The second kappa shape index (κ2) is 5.62. The molecule has 0 unspecified atom stereocenters. The number of halogens is 3. The van der Waals surface area contributed by atoms with Crippen molar-refractivity contribution in [2.45, 2.75) is 12.4 Å². The maximum atomic E-state index is 13.7. The van der Waals surface area contributed by atoms with Crippen LogP contribution in [0, 0.1) is 9.39 Å². The van der Waals surface area contributed by atoms with Crippen molar-refractivity contribution in [3.63, 3.8) is 0 Å². The monoisotopic (exact) mass is 395 g/mol. The number of carbonyl (C=O) groups excluding carboxylic acids is 1. The lowest BCUT2D eigenvalue weighted by atomic mass is 10.3. The van der Waals surface area contributed by atoms with E-state index in [1.54, 1.807) is 24.7 Å². The Kier molecular flexibility index (Phi) is 4.29. The summed E-state index contributed by atoms with van der Waals surface area (Å²) in [6.45, 7) is 0.103. The molecule has 0 saturated heterocycles. The van der Waals surface area contributed by atoms with E-state index in [1.807, 2.05) is 22.6 Å². The molecule has 1 aromatic heterocycles. The van der Waals surface area contributed by atoms with E-state index >= 15 is 0 Å². The summed E-state index contributed by atoms with van der Waals surface area (Å²) < 4.78 is 15.8. The van der Waals surface area contributed by atoms with Crippen LogP contribution in [0.5, 0.6) is 0 Å². The zero-order chi connectivity index (χ0) is 14.2. The average molecular weight is 396 g/mol. The summed E-state index contributed by atoms with van der Waals surface area (Å²) in [5.74, 6) is 0.318. The number of imidazole rings is 1. The van der Waals surface area contributed by atoms with Gasteiger partial charge in [-0.05, 0) is 28.7 Å². The molecular weight excluding hydrogens is 384 g/mol. The van der Waals surface area contributed by atoms with Crippen molar-refractivity contribution >= 4 is 51.1 Å². The summed E-state index contributed by atoms with van der Waals surface area (Å²) in [6.07, 6.45) is 0. The molecule has 0 radical (unpaired) electrons. The van der Waals surface area contributed by atoms with Crippen LogP contribution in [0.1, 0.15) is 5.82 Å². The number of alkyl halides is 1. The van der Waals surface area contributed by atoms with E-state index < -0.39 is 0 Å². The van der Waals surface area contributed by atoms with Crippen LogP contribution in [0.2, 0.25) is 0 Å². The summed E-state index contributed by atoms with van der Waals surface area (Å²) >= 11 is 7.75. The van der Waals surface area contributed by atoms with Gasteiger partial charge in [-0.15, -0.1) is 11.6 Å². The predicted octanol–water partition coefficient (Wildman–Crippen LogP) is 2.61. The van der Waals surface area contributed by atoms with Gasteiger partial charge in [-0.2, -0.15) is 0 Å². The average Bonchev–Trinajstić information content (AvgIpc) is 2.67. The van der Waals surface area contributed by atoms with Crippen LogP contribution >= 0.6 is 34.2 Å². The minimum absolute atomic E-state index is 0.0929. The fraction of sp³-hybridized carbons (Fsp3) is 0.333. The number of hydrogen-bond acceptors (Lipinski definition) is 2. The second-order valence-electron chi connectivity index (χ2n) is 4.29. The third-order valence-corrected chi connectivity index (χ3v) is 3.85. The highest BCUT2D eigenvalue weighted by molar-refractivity contribution is 14.1. The van der Waals surface area contributed by atoms with Crippen LogP contribution < -0.4 is 0 Å². The van der Waals surface area contributed by atoms with Crippen LogP contribution in [0.4, 0.5) is 4.39 Å². The number of nitrogens with zero attached hydrogens (tertiary/aromatic N) is 3. The molecule has 0 atom stereocenters. The molecule has 0 fully saturated rings. The minimum Gasteiger partial charge on any atom is -0.347 e. The molecule has 0 saturated carbocycles. The Labute approximate surface area is 128 Å². The van der Waals surface area contributed by atoms with Gasteiger partial charge in [0.25, 0.3) is 0 Å². The fourth-order valence-corrected chi connectivity index (χ4v) is 2.38. The maximum Gasteiger partial charge on any atom is 0.242 e. The van der Waals surface area contributed by atoms with Gasteiger partial charge in [0.05, 0.1) is 20.5 Å². The third kappa shape index (κ3) is 2.84. The predicted molar refractivity (Wildman–Crippen MR) is 80.7 cm³/mol. The Morgan fingerprint density at radius 1 is 1.53 bits per heavy atom. The van der Waals surface area contributed by atoms with Crippen molar-refractivity contribution in [3.8, 4) is 0 Å². The van der Waals surface area contributed by atoms with Gasteiger partial charge in [0.15, 0.2) is 0 Å². The number of amides is 1. The molecule has 19 heavy (non-hydrogen) atoms. The number of carbonyl (C=O) groups is 1. The molecule has 0 spiro atoms. The number of fused-ring (bicyclic) bond motifs is 1. The van der Waals surface area contributed by atoms with Gasteiger partial charge in [-0.1, -0.05) is 0 Å². The summed E-state index contributed by atoms with van der Waals surface area (Å²) in [7, 11) is 3.34. The van der Waals surface area contributed by atoms with E-state index in [9.17, 15) is 9.18 Å². The van der Waals surface area contributed by atoms with Crippen LogP contribution in [-0.4, -0.2) is 34.5 Å². The smallest absolute Gasteiger partial charge is 0.242 e. The van der Waals surface area contributed by atoms with Crippen LogP contribution in [0.25, 0.3) is 11.0 Å². The molecule has 1 heterocycles. The van der Waals surface area contributed by atoms with E-state index in [2.05, 4.69) is 4.98 Å². The first-order chi connectivity index (χ1) is 8.93. The topological polar surface area (TPSA) is 38.1 Å². The minimum atomic E-state index is -0.326. The number of likely N-dealkylation sites (N-methyl/N-ethyl adjacent to an activating group) is 1. The lowest BCUT2D eigenvalue weighted by molar-refractivity contribution is -0.129. The Hall–Kier alpha value is -0.890. The van der Waals surface area contributed by atoms with E-state index in [0.29, 0.717) is 20.4 Å². The van der Waals surface area contributed by atoms with E-state index in [0.717, 1.165) is 0 Å². The molecule has 0 aliphatic rings. The Morgan fingerprint density at radius 3 is 2.79 bits per heavy atom. The van der Waals surface area contributed by atoms with Gasteiger partial charge < -0.3 is 9.47 Å². The molecular formula is C12H12ClFIN3O. The Morgan fingerprint density at radius 2 is 2.21 bits per heavy atom. The zero-order valence-electron chi connectivity index (χ0n) is 10.5. The summed E-state index contributed by atoms with van der Waals surface area (Å²) in [6, 6.07) is 3.04. The van der Waals surface area contributed by atoms with Crippen LogP contribution in [0.15, 0.2) is 12.1 Å². The highest BCUT2D eigenvalue weighted by Crippen LogP contribution is 2.22. The Balaban J connectivity index is 2.57. The molecule has 0 aliphatic heterocycles. The standard InChI is InChI=1S/C12H12ClFIN3O/c1-17(2)12(19)6-18-10-3-7(14)8(15)4-9(10)16-11(18)5-13/h3-4H,5-6H2,1-2H3. The van der Waals surface area contributed by atoms with Gasteiger partial charge >= 0.3 is 0 Å². The van der Waals surface area contributed by atoms with Crippen molar-refractivity contribution in [1.82, 2.24) is 14.5 Å². The third-order valence-electron chi connectivity index (χ3n) is 2.78. The molecule has 4 nitrogen and oxygen atoms in total. The number of benzene rings is 1. The number of rotatable bonds is 3. The Bertz CT molecular complexity index is 641. The van der Waals surface area contributed by atoms with E-state index in [-0.39, 0.29) is 24.1 Å². The normalized spacial score (nSPS) is 11.0. The second-order valence-corrected chi connectivity index (χ2v) is 5.72. The molecule has 0 N–H and O–H groups in total. The fourth-order valence-electron chi connectivity index (χ4n) is 1.73. The highest BCUT2D eigenvalue weighted by Gasteiger charge is 2.16. The van der Waals surface area contributed by atoms with E-state index in [4.69, 9.17) is 11.6 Å². The van der Waals surface area contributed by atoms with E-state index in [1.165, 1.54) is 11.0 Å². The maximum absolute atomic E-state index is 13.7. The van der Waals surface area contributed by atoms with Crippen molar-refractivity contribution in [1.29, 1.82) is 0 Å². The molecule has 2 aromatic rings. The van der Waals surface area contributed by atoms with Gasteiger partial charge in [-0.3, -0.25) is 4.79 Å². The molecule has 102 valence electrons. The molecule has 1 aromatic carbocycles. The SMILES string of the molecule is CN(C)C(=O)Cn1c(CCl)nc2cc(I)c(F)cc21. The molecule has 0 aliphatic carbocycles. The molecule has 0 bridgehead atoms. The highest BCUT2D eigenvalue weighted by atomic mass is 127. The van der Waals surface area contributed by atoms with Crippen molar-refractivity contribution in [3.05, 3.63) is 27.3 Å². The largest absolute Gasteiger partial charge is 0.347 e. The van der Waals surface area contributed by atoms with Crippen molar-refractivity contribution < 1.29 is 9.18 Å². The molecule has 1 amide bonds. The first-order valence-corrected chi connectivity index (χ1v) is 7.15. The number of hydrogen-bond donors (Lipinski definition) is 0. The van der Waals surface area contributed by atoms with Crippen molar-refractivity contribution in [2.24, 2.45) is 0 Å². The first-order valence-electron chi connectivity index (χ1n) is 5.54. The molecule has 7 heteroatoms. The lowest BCUT2D eigenvalue weighted by Gasteiger charge is -2.12. The van der Waals surface area contributed by atoms with Crippen molar-refractivity contribution in [2.75, 3.05) is 14.1 Å². The summed E-state index contributed by atoms with van der Waals surface area (Å²) in [5, 5.41) is 0. The summed E-state index contributed by atoms with van der Waals surface area (Å²) in [5.41, 5.74) is 1.23. The molecule has 2 rings (SSSR count). The lowest BCUT2D eigenvalue weighted by Crippen LogP contribution is -2.26. The zero-order valence-corrected chi connectivity index (χ0v) is 13.4. The first kappa shape index (κ1) is 14.5. The van der Waals surface area contributed by atoms with Gasteiger partial charge in [0.1, 0.15) is 18.2 Å². The summed E-state index contributed by atoms with van der Waals surface area (Å²) in [4.78, 5) is 17.6. The van der Waals surface area contributed by atoms with Gasteiger partial charge in [0, 0.05) is 20.2 Å². The van der Waals surface area contributed by atoms with Gasteiger partial charge in [-0.25, -0.2) is 9.37 Å².